The number of carbonyl (C=O) groups is 1. The Morgan fingerprint density at radius 2 is 2.52 bits per heavy atom. The normalized spacial score (nSPS) is 27.2. The first-order chi connectivity index (χ1) is 11.3. The van der Waals surface area contributed by atoms with Gasteiger partial charge >= 0.3 is 0 Å². The van der Waals surface area contributed by atoms with Crippen LogP contribution >= 0.6 is 11.3 Å². The number of likely N-dealkylation sites (tertiary alicyclic amines) is 1. The third-order valence-electron chi connectivity index (χ3n) is 4.82. The predicted molar refractivity (Wildman–Crippen MR) is 85.2 cm³/mol. The van der Waals surface area contributed by atoms with Gasteiger partial charge in [0.25, 0.3) is 5.91 Å². The molecule has 4 heterocycles. The number of rotatable bonds is 5. The quantitative estimate of drug-likeness (QED) is 0.900. The summed E-state index contributed by atoms with van der Waals surface area (Å²) in [6.07, 6.45) is 1.71. The third kappa shape index (κ3) is 2.91. The van der Waals surface area contributed by atoms with Crippen LogP contribution < -0.4 is 5.32 Å². The largest absolute Gasteiger partial charge is 0.468 e. The van der Waals surface area contributed by atoms with Gasteiger partial charge in [0.15, 0.2) is 0 Å². The molecular weight excluding hydrogens is 314 g/mol. The Bertz CT molecular complexity index is 658. The number of hydrogen-bond donors (Lipinski definition) is 1. The Morgan fingerprint density at radius 1 is 1.57 bits per heavy atom. The summed E-state index contributed by atoms with van der Waals surface area (Å²) in [7, 11) is 0. The monoisotopic (exact) mass is 333 g/mol. The number of carbonyl (C=O) groups excluding carboxylic acids is 1. The molecule has 2 fully saturated rings. The van der Waals surface area contributed by atoms with Crippen LogP contribution in [0.1, 0.15) is 16.2 Å². The van der Waals surface area contributed by atoms with Crippen LogP contribution in [0.15, 0.2) is 33.7 Å². The van der Waals surface area contributed by atoms with E-state index in [4.69, 9.17) is 9.15 Å². The Balaban J connectivity index is 1.40. The Morgan fingerprint density at radius 3 is 3.30 bits per heavy atom. The molecule has 4 rings (SSSR count). The van der Waals surface area contributed by atoms with Crippen molar-refractivity contribution >= 4 is 17.2 Å². The molecule has 2 atom stereocenters. The second kappa shape index (κ2) is 6.07. The summed E-state index contributed by atoms with van der Waals surface area (Å²) in [6.45, 7) is 4.79. The van der Waals surface area contributed by atoms with Crippen LogP contribution in [-0.4, -0.2) is 48.6 Å². The number of thiazole rings is 1. The van der Waals surface area contributed by atoms with Gasteiger partial charge in [-0.2, -0.15) is 0 Å². The van der Waals surface area contributed by atoms with Crippen molar-refractivity contribution in [2.24, 2.45) is 11.3 Å². The molecule has 122 valence electrons. The smallest absolute Gasteiger partial charge is 0.270 e. The molecule has 0 unspecified atom stereocenters. The van der Waals surface area contributed by atoms with Crippen LogP contribution in [0.4, 0.5) is 0 Å². The van der Waals surface area contributed by atoms with Gasteiger partial charge in [-0.15, -0.1) is 11.3 Å². The maximum atomic E-state index is 12.1. The van der Waals surface area contributed by atoms with E-state index in [1.165, 1.54) is 11.3 Å². The molecule has 0 saturated carbocycles. The van der Waals surface area contributed by atoms with Crippen molar-refractivity contribution in [3.8, 4) is 0 Å². The average molecular weight is 333 g/mol. The SMILES string of the molecule is O=C(NC[C@]12COC[C@H]1CN(Cc1ccco1)C2)c1cscn1. The van der Waals surface area contributed by atoms with Crippen molar-refractivity contribution in [1.82, 2.24) is 15.2 Å². The number of nitrogens with zero attached hydrogens (tertiary/aromatic N) is 2. The third-order valence-corrected chi connectivity index (χ3v) is 5.40. The van der Waals surface area contributed by atoms with Gasteiger partial charge in [-0.3, -0.25) is 9.69 Å². The number of furan rings is 1. The first-order valence-electron chi connectivity index (χ1n) is 7.74. The van der Waals surface area contributed by atoms with Crippen molar-refractivity contribution in [3.05, 3.63) is 40.7 Å². The highest BCUT2D eigenvalue weighted by molar-refractivity contribution is 7.07. The minimum Gasteiger partial charge on any atom is -0.468 e. The number of aromatic nitrogens is 1. The summed E-state index contributed by atoms with van der Waals surface area (Å²) < 4.78 is 11.2. The summed E-state index contributed by atoms with van der Waals surface area (Å²) in [6, 6.07) is 3.92. The van der Waals surface area contributed by atoms with E-state index in [-0.39, 0.29) is 11.3 Å². The lowest BCUT2D eigenvalue weighted by atomic mass is 9.81. The Labute approximate surface area is 138 Å². The van der Waals surface area contributed by atoms with Crippen LogP contribution in [0.2, 0.25) is 0 Å². The molecule has 0 bridgehead atoms. The van der Waals surface area contributed by atoms with Gasteiger partial charge in [0.05, 0.1) is 31.5 Å². The molecule has 0 aliphatic carbocycles. The minimum atomic E-state index is -0.101. The van der Waals surface area contributed by atoms with Gasteiger partial charge in [0, 0.05) is 36.3 Å². The molecule has 2 saturated heterocycles. The van der Waals surface area contributed by atoms with Crippen LogP contribution in [0.5, 0.6) is 0 Å². The summed E-state index contributed by atoms with van der Waals surface area (Å²) >= 11 is 1.43. The highest BCUT2D eigenvalue weighted by Gasteiger charge is 2.50. The summed E-state index contributed by atoms with van der Waals surface area (Å²) in [4.78, 5) is 18.6. The molecule has 6 nitrogen and oxygen atoms in total. The molecule has 2 aliphatic rings. The number of nitrogens with one attached hydrogen (secondary N) is 1. The van der Waals surface area contributed by atoms with Crippen LogP contribution in [0.3, 0.4) is 0 Å². The van der Waals surface area contributed by atoms with E-state index in [2.05, 4.69) is 15.2 Å². The maximum Gasteiger partial charge on any atom is 0.270 e. The van der Waals surface area contributed by atoms with E-state index in [0.717, 1.165) is 32.0 Å². The lowest BCUT2D eigenvalue weighted by Gasteiger charge is -2.27. The van der Waals surface area contributed by atoms with Crippen LogP contribution in [0, 0.1) is 11.3 Å². The fraction of sp³-hybridized carbons (Fsp3) is 0.500. The molecule has 1 amide bonds. The number of fused-ring (bicyclic) bond motifs is 1. The number of hydrogen-bond acceptors (Lipinski definition) is 6. The molecule has 2 aromatic heterocycles. The van der Waals surface area contributed by atoms with Gasteiger partial charge in [0.1, 0.15) is 11.5 Å². The summed E-state index contributed by atoms with van der Waals surface area (Å²) in [5.74, 6) is 1.33. The number of amides is 1. The second-order valence-electron chi connectivity index (χ2n) is 6.38. The van der Waals surface area contributed by atoms with Gasteiger partial charge in [-0.1, -0.05) is 0 Å². The zero-order valence-corrected chi connectivity index (χ0v) is 13.6. The lowest BCUT2D eigenvalue weighted by Crippen LogP contribution is -2.43. The molecule has 2 aliphatic heterocycles. The summed E-state index contributed by atoms with van der Waals surface area (Å²) in [5.41, 5.74) is 2.17. The van der Waals surface area contributed by atoms with Crippen LogP contribution in [0.25, 0.3) is 0 Å². The average Bonchev–Trinajstić information content (AvgIpc) is 3.29. The zero-order chi connectivity index (χ0) is 15.7. The first-order valence-corrected chi connectivity index (χ1v) is 8.68. The molecule has 23 heavy (non-hydrogen) atoms. The Kier molecular flexibility index (Phi) is 3.92. The van der Waals surface area contributed by atoms with Crippen molar-refractivity contribution in [1.29, 1.82) is 0 Å². The molecule has 0 aromatic carbocycles. The highest BCUT2D eigenvalue weighted by atomic mass is 32.1. The fourth-order valence-corrected chi connectivity index (χ4v) is 4.14. The first kappa shape index (κ1) is 14.9. The Hall–Kier alpha value is -1.70. The molecule has 7 heteroatoms. The highest BCUT2D eigenvalue weighted by Crippen LogP contribution is 2.41. The van der Waals surface area contributed by atoms with Crippen molar-refractivity contribution in [2.45, 2.75) is 6.54 Å². The fourth-order valence-electron chi connectivity index (χ4n) is 3.61. The van der Waals surface area contributed by atoms with Gasteiger partial charge < -0.3 is 14.5 Å². The van der Waals surface area contributed by atoms with E-state index in [1.807, 2.05) is 12.1 Å². The zero-order valence-electron chi connectivity index (χ0n) is 12.7. The van der Waals surface area contributed by atoms with E-state index in [9.17, 15) is 4.79 Å². The van der Waals surface area contributed by atoms with Crippen molar-refractivity contribution in [2.75, 3.05) is 32.8 Å². The van der Waals surface area contributed by atoms with Crippen molar-refractivity contribution < 1.29 is 13.9 Å². The second-order valence-corrected chi connectivity index (χ2v) is 7.10. The molecule has 0 spiro atoms. The van der Waals surface area contributed by atoms with Gasteiger partial charge in [0.2, 0.25) is 0 Å². The van der Waals surface area contributed by atoms with Gasteiger partial charge in [-0.25, -0.2) is 4.98 Å². The summed E-state index contributed by atoms with van der Waals surface area (Å²) in [5, 5.41) is 4.82. The van der Waals surface area contributed by atoms with Crippen molar-refractivity contribution in [3.63, 3.8) is 0 Å². The van der Waals surface area contributed by atoms with Crippen LogP contribution in [-0.2, 0) is 11.3 Å². The standard InChI is InChI=1S/C16H19N3O3S/c20-15(14-7-23-11-18-14)17-8-16-9-19(4-12(16)6-21-10-16)5-13-2-1-3-22-13/h1-3,7,11-12H,4-6,8-10H2,(H,17,20)/t12-,16+/m1/s1. The van der Waals surface area contributed by atoms with Gasteiger partial charge in [-0.05, 0) is 12.1 Å². The van der Waals surface area contributed by atoms with E-state index in [0.29, 0.717) is 24.8 Å². The van der Waals surface area contributed by atoms with E-state index >= 15 is 0 Å². The molecule has 1 N–H and O–H groups in total. The maximum absolute atomic E-state index is 12.1. The molecule has 0 radical (unpaired) electrons. The topological polar surface area (TPSA) is 67.6 Å². The van der Waals surface area contributed by atoms with E-state index in [1.54, 1.807) is 17.2 Å². The van der Waals surface area contributed by atoms with E-state index < -0.39 is 0 Å². The number of ether oxygens (including phenoxy) is 1. The lowest BCUT2D eigenvalue weighted by molar-refractivity contribution is 0.0898. The minimum absolute atomic E-state index is 0.00171. The molecular formula is C16H19N3O3S. The predicted octanol–water partition coefficient (Wildman–Crippen LogP) is 1.61. The molecule has 2 aromatic rings.